The average Bonchev–Trinajstić information content (AvgIpc) is 2.87. The number of carbonyl (C=O) groups excluding carboxylic acids is 1. The van der Waals surface area contributed by atoms with Gasteiger partial charge >= 0.3 is 0 Å². The molecule has 0 saturated heterocycles. The van der Waals surface area contributed by atoms with Gasteiger partial charge in [-0.05, 0) is 16.3 Å². The van der Waals surface area contributed by atoms with E-state index in [1.54, 1.807) is 0 Å². The molecule has 0 spiro atoms. The lowest BCUT2D eigenvalue weighted by atomic mass is 10.0. The summed E-state index contributed by atoms with van der Waals surface area (Å²) in [6.45, 7) is 7.15. The molecule has 0 bridgehead atoms. The van der Waals surface area contributed by atoms with Gasteiger partial charge in [0.1, 0.15) is 0 Å². The topological polar surface area (TPSA) is 33.8 Å². The molecule has 4 rings (SSSR count). The predicted molar refractivity (Wildman–Crippen MR) is 69.0 cm³/mol. The van der Waals surface area contributed by atoms with Crippen molar-refractivity contribution in [1.29, 1.82) is 0 Å². The largest absolute Gasteiger partial charge is 0.281 e. The molecule has 3 heteroatoms. The van der Waals surface area contributed by atoms with Crippen LogP contribution in [0.3, 0.4) is 0 Å². The summed E-state index contributed by atoms with van der Waals surface area (Å²) in [6.07, 6.45) is 0. The van der Waals surface area contributed by atoms with Crippen LogP contribution in [0.15, 0.2) is 47.1 Å². The lowest BCUT2D eigenvalue weighted by Gasteiger charge is -2.00. The molecule has 1 aliphatic heterocycles. The van der Waals surface area contributed by atoms with Crippen LogP contribution in [0.2, 0.25) is 0 Å². The highest BCUT2D eigenvalue weighted by Crippen LogP contribution is 2.42. The Kier molecular flexibility index (Phi) is 1.52. The molecule has 0 atom stereocenters. The number of rotatable bonds is 0. The fourth-order valence-electron chi connectivity index (χ4n) is 2.73. The minimum Gasteiger partial charge on any atom is -0.281 e. The summed E-state index contributed by atoms with van der Waals surface area (Å²) in [4.78, 5) is 19.1. The minimum absolute atomic E-state index is 0.147. The first-order valence-corrected chi connectivity index (χ1v) is 5.59. The Bertz CT molecular complexity index is 845. The first-order chi connectivity index (χ1) is 8.81. The van der Waals surface area contributed by atoms with Gasteiger partial charge in [-0.1, -0.05) is 36.4 Å². The van der Waals surface area contributed by atoms with E-state index in [9.17, 15) is 4.79 Å². The van der Waals surface area contributed by atoms with Crippen molar-refractivity contribution in [2.45, 2.75) is 0 Å². The van der Waals surface area contributed by atoms with Crippen LogP contribution in [0.5, 0.6) is 0 Å². The van der Waals surface area contributed by atoms with Crippen LogP contribution in [-0.4, -0.2) is 11.6 Å². The van der Waals surface area contributed by atoms with Gasteiger partial charge in [-0.2, -0.15) is 0 Å². The van der Waals surface area contributed by atoms with Crippen molar-refractivity contribution >= 4 is 28.0 Å². The molecule has 1 heterocycles. The molecule has 3 nitrogen and oxygen atoms in total. The van der Waals surface area contributed by atoms with E-state index in [-0.39, 0.29) is 5.70 Å². The third-order valence-corrected chi connectivity index (χ3v) is 3.43. The van der Waals surface area contributed by atoms with E-state index < -0.39 is 5.91 Å². The quantitative estimate of drug-likeness (QED) is 0.641. The van der Waals surface area contributed by atoms with Crippen LogP contribution in [0.4, 0.5) is 0 Å². The second-order valence-corrected chi connectivity index (χ2v) is 4.31. The van der Waals surface area contributed by atoms with Crippen molar-refractivity contribution in [3.63, 3.8) is 0 Å². The Morgan fingerprint density at radius 2 is 1.78 bits per heavy atom. The molecule has 2 aliphatic rings. The second-order valence-electron chi connectivity index (χ2n) is 4.31. The van der Waals surface area contributed by atoms with Gasteiger partial charge in [0, 0.05) is 11.1 Å². The van der Waals surface area contributed by atoms with Gasteiger partial charge in [0.05, 0.1) is 12.3 Å². The monoisotopic (exact) mass is 230 g/mol. The number of fused-ring (bicyclic) bond motifs is 3. The van der Waals surface area contributed by atoms with Gasteiger partial charge in [-0.15, -0.1) is 0 Å². The molecule has 0 unspecified atom stereocenters. The SMILES string of the molecule is [C-]#[N+]C1=C2C(=NC1=O)c1cccc3cccc2c13. The van der Waals surface area contributed by atoms with E-state index in [4.69, 9.17) is 6.57 Å². The maximum atomic E-state index is 11.7. The Morgan fingerprint density at radius 3 is 2.50 bits per heavy atom. The van der Waals surface area contributed by atoms with Crippen LogP contribution in [0, 0.1) is 6.57 Å². The van der Waals surface area contributed by atoms with Crippen LogP contribution in [0.25, 0.3) is 21.2 Å². The van der Waals surface area contributed by atoms with Gasteiger partial charge in [0.15, 0.2) is 0 Å². The van der Waals surface area contributed by atoms with Crippen LogP contribution < -0.4 is 0 Å². The zero-order valence-corrected chi connectivity index (χ0v) is 9.27. The number of hydrogen-bond acceptors (Lipinski definition) is 1. The summed E-state index contributed by atoms with van der Waals surface area (Å²) in [5, 5.41) is 2.22. The Hall–Kier alpha value is -2.73. The number of amides is 1. The average molecular weight is 230 g/mol. The van der Waals surface area contributed by atoms with Crippen molar-refractivity contribution in [2.75, 3.05) is 0 Å². The Balaban J connectivity index is 2.26. The third-order valence-electron chi connectivity index (χ3n) is 3.43. The molecular formula is C15H6N2O. The zero-order valence-electron chi connectivity index (χ0n) is 9.27. The summed E-state index contributed by atoms with van der Waals surface area (Å²) >= 11 is 0. The summed E-state index contributed by atoms with van der Waals surface area (Å²) < 4.78 is 0. The molecule has 82 valence electrons. The molecule has 0 N–H and O–H groups in total. The van der Waals surface area contributed by atoms with Gasteiger partial charge in [0.2, 0.25) is 0 Å². The molecule has 0 aromatic heterocycles. The summed E-state index contributed by atoms with van der Waals surface area (Å²) in [5.74, 6) is -0.415. The molecule has 1 amide bonds. The van der Waals surface area contributed by atoms with E-state index in [1.807, 2.05) is 36.4 Å². The van der Waals surface area contributed by atoms with Crippen molar-refractivity contribution in [2.24, 2.45) is 4.99 Å². The van der Waals surface area contributed by atoms with E-state index in [0.717, 1.165) is 21.9 Å². The van der Waals surface area contributed by atoms with Crippen molar-refractivity contribution < 1.29 is 4.79 Å². The summed E-state index contributed by atoms with van der Waals surface area (Å²) in [6, 6.07) is 11.9. The van der Waals surface area contributed by atoms with Crippen LogP contribution in [0.1, 0.15) is 11.1 Å². The minimum atomic E-state index is -0.415. The fourth-order valence-corrected chi connectivity index (χ4v) is 2.73. The summed E-state index contributed by atoms with van der Waals surface area (Å²) in [7, 11) is 0. The van der Waals surface area contributed by atoms with Crippen LogP contribution in [-0.2, 0) is 4.79 Å². The zero-order chi connectivity index (χ0) is 12.3. The van der Waals surface area contributed by atoms with E-state index in [2.05, 4.69) is 9.84 Å². The van der Waals surface area contributed by atoms with Gasteiger partial charge in [-0.25, -0.2) is 9.84 Å². The first-order valence-electron chi connectivity index (χ1n) is 5.59. The highest BCUT2D eigenvalue weighted by atomic mass is 16.1. The first kappa shape index (κ1) is 9.32. The molecule has 2 aromatic carbocycles. The number of aliphatic imine (C=N–C) groups is 1. The lowest BCUT2D eigenvalue weighted by molar-refractivity contribution is -0.113. The van der Waals surface area contributed by atoms with Gasteiger partial charge < -0.3 is 0 Å². The predicted octanol–water partition coefficient (Wildman–Crippen LogP) is 2.81. The number of allylic oxidation sites excluding steroid dienone is 1. The van der Waals surface area contributed by atoms with Crippen molar-refractivity contribution in [1.82, 2.24) is 0 Å². The molecule has 0 fully saturated rings. The maximum absolute atomic E-state index is 11.7. The van der Waals surface area contributed by atoms with E-state index in [1.165, 1.54) is 0 Å². The maximum Gasteiger partial charge on any atom is 0.277 e. The van der Waals surface area contributed by atoms with Crippen molar-refractivity contribution in [3.05, 3.63) is 64.6 Å². The van der Waals surface area contributed by atoms with E-state index >= 15 is 0 Å². The smallest absolute Gasteiger partial charge is 0.277 e. The molecule has 2 aromatic rings. The highest BCUT2D eigenvalue weighted by molar-refractivity contribution is 6.49. The normalized spacial score (nSPS) is 15.9. The Labute approximate surface area is 103 Å². The van der Waals surface area contributed by atoms with Gasteiger partial charge in [0.25, 0.3) is 11.6 Å². The van der Waals surface area contributed by atoms with Gasteiger partial charge in [-0.3, -0.25) is 4.79 Å². The summed E-state index contributed by atoms with van der Waals surface area (Å²) in [5.41, 5.74) is 3.44. The molecule has 0 saturated carbocycles. The van der Waals surface area contributed by atoms with E-state index in [0.29, 0.717) is 11.3 Å². The molecular weight excluding hydrogens is 224 g/mol. The standard InChI is InChI=1S/C15H6N2O/c1-16-14-12-9-6-2-4-8-5-3-7-10(11(8)9)13(12)17-15(14)18/h2-7H. The fraction of sp³-hybridized carbons (Fsp3) is 0. The van der Waals surface area contributed by atoms with Crippen molar-refractivity contribution in [3.8, 4) is 0 Å². The number of hydrogen-bond donors (Lipinski definition) is 0. The number of nitrogens with zero attached hydrogens (tertiary/aromatic N) is 2. The molecule has 1 aliphatic carbocycles. The lowest BCUT2D eigenvalue weighted by Crippen LogP contribution is -1.92. The number of carbonyl (C=O) groups is 1. The third kappa shape index (κ3) is 0.894. The van der Waals surface area contributed by atoms with Crippen LogP contribution >= 0.6 is 0 Å². The number of benzene rings is 2. The second kappa shape index (κ2) is 2.93. The highest BCUT2D eigenvalue weighted by Gasteiger charge is 2.35. The molecule has 0 radical (unpaired) electrons. The molecule has 18 heavy (non-hydrogen) atoms. The Morgan fingerprint density at radius 1 is 1.06 bits per heavy atom.